The average molecular weight is 284 g/mol. The van der Waals surface area contributed by atoms with Crippen molar-refractivity contribution < 1.29 is 19.1 Å². The Hall–Kier alpha value is -1.06. The molecule has 1 rings (SSSR count). The van der Waals surface area contributed by atoms with Crippen LogP contribution in [0, 0.1) is 11.3 Å². The molecule has 0 heterocycles. The first-order valence-electron chi connectivity index (χ1n) is 7.86. The maximum Gasteiger partial charge on any atom is 0.306 e. The zero-order valence-corrected chi connectivity index (χ0v) is 13.1. The molecule has 0 saturated heterocycles. The van der Waals surface area contributed by atoms with Gasteiger partial charge >= 0.3 is 11.9 Å². The standard InChI is InChI=1S/C16H28O4/c1-4-13-7-9-16(10-8-13,11-14(17)19-5-2)12-15(18)20-6-3/h13H,4-12H2,1-3H3. The van der Waals surface area contributed by atoms with Crippen molar-refractivity contribution in [2.45, 2.75) is 65.7 Å². The second kappa shape index (κ2) is 8.28. The van der Waals surface area contributed by atoms with Crippen molar-refractivity contribution in [1.82, 2.24) is 0 Å². The Balaban J connectivity index is 2.68. The Bertz CT molecular complexity index is 294. The summed E-state index contributed by atoms with van der Waals surface area (Å²) in [5.41, 5.74) is -0.246. The molecule has 0 aliphatic heterocycles. The van der Waals surface area contributed by atoms with Gasteiger partial charge in [0, 0.05) is 0 Å². The molecule has 0 unspecified atom stereocenters. The lowest BCUT2D eigenvalue weighted by molar-refractivity contribution is -0.151. The van der Waals surface area contributed by atoms with Crippen LogP contribution in [0.4, 0.5) is 0 Å². The van der Waals surface area contributed by atoms with E-state index in [2.05, 4.69) is 6.92 Å². The zero-order chi connectivity index (χ0) is 15.0. The summed E-state index contributed by atoms with van der Waals surface area (Å²) in [5.74, 6) is 0.353. The monoisotopic (exact) mass is 284 g/mol. The van der Waals surface area contributed by atoms with E-state index in [1.807, 2.05) is 13.8 Å². The Labute approximate surface area is 122 Å². The molecule has 0 aromatic carbocycles. The molecule has 0 spiro atoms. The summed E-state index contributed by atoms with van der Waals surface area (Å²) in [6.45, 7) is 6.61. The lowest BCUT2D eigenvalue weighted by Gasteiger charge is -2.38. The highest BCUT2D eigenvalue weighted by Gasteiger charge is 2.39. The number of hydrogen-bond acceptors (Lipinski definition) is 4. The van der Waals surface area contributed by atoms with Gasteiger partial charge in [0.2, 0.25) is 0 Å². The molecule has 4 nitrogen and oxygen atoms in total. The van der Waals surface area contributed by atoms with Crippen LogP contribution in [-0.2, 0) is 19.1 Å². The number of carbonyl (C=O) groups is 2. The van der Waals surface area contributed by atoms with E-state index in [0.29, 0.717) is 26.1 Å². The van der Waals surface area contributed by atoms with Crippen LogP contribution in [0.1, 0.15) is 65.7 Å². The molecule has 0 bridgehead atoms. The van der Waals surface area contributed by atoms with Gasteiger partial charge in [-0.05, 0) is 50.9 Å². The minimum Gasteiger partial charge on any atom is -0.466 e. The lowest BCUT2D eigenvalue weighted by Crippen LogP contribution is -2.33. The first-order valence-corrected chi connectivity index (χ1v) is 7.86. The summed E-state index contributed by atoms with van der Waals surface area (Å²) in [6, 6.07) is 0. The molecule has 1 fully saturated rings. The molecule has 116 valence electrons. The van der Waals surface area contributed by atoms with Crippen LogP contribution in [0.25, 0.3) is 0 Å². The number of rotatable bonds is 7. The molecule has 20 heavy (non-hydrogen) atoms. The van der Waals surface area contributed by atoms with Gasteiger partial charge in [-0.1, -0.05) is 13.3 Å². The molecule has 4 heteroatoms. The van der Waals surface area contributed by atoms with E-state index in [1.165, 1.54) is 6.42 Å². The predicted molar refractivity (Wildman–Crippen MR) is 77.2 cm³/mol. The molecule has 0 amide bonds. The van der Waals surface area contributed by atoms with Crippen LogP contribution in [-0.4, -0.2) is 25.2 Å². The van der Waals surface area contributed by atoms with Crippen molar-refractivity contribution in [3.8, 4) is 0 Å². The summed E-state index contributed by atoms with van der Waals surface area (Å²) >= 11 is 0. The smallest absolute Gasteiger partial charge is 0.306 e. The second-order valence-corrected chi connectivity index (χ2v) is 5.82. The van der Waals surface area contributed by atoms with Gasteiger partial charge in [0.1, 0.15) is 0 Å². The molecule has 1 saturated carbocycles. The Morgan fingerprint density at radius 1 is 0.950 bits per heavy atom. The van der Waals surface area contributed by atoms with Gasteiger partial charge in [-0.3, -0.25) is 9.59 Å². The molecular formula is C16H28O4. The van der Waals surface area contributed by atoms with Crippen molar-refractivity contribution in [2.75, 3.05) is 13.2 Å². The highest BCUT2D eigenvalue weighted by molar-refractivity contribution is 5.74. The lowest BCUT2D eigenvalue weighted by atomic mass is 9.66. The van der Waals surface area contributed by atoms with Crippen molar-refractivity contribution in [3.63, 3.8) is 0 Å². The maximum atomic E-state index is 11.8. The first kappa shape index (κ1) is 17.0. The normalized spacial score (nSPS) is 18.6. The van der Waals surface area contributed by atoms with Crippen LogP contribution in [0.3, 0.4) is 0 Å². The number of ether oxygens (including phenoxy) is 2. The maximum absolute atomic E-state index is 11.8. The van der Waals surface area contributed by atoms with Crippen LogP contribution in [0.5, 0.6) is 0 Å². The summed E-state index contributed by atoms with van der Waals surface area (Å²) < 4.78 is 10.1. The molecule has 0 atom stereocenters. The Kier molecular flexibility index (Phi) is 7.03. The van der Waals surface area contributed by atoms with Gasteiger partial charge < -0.3 is 9.47 Å². The second-order valence-electron chi connectivity index (χ2n) is 5.82. The average Bonchev–Trinajstić information content (AvgIpc) is 2.40. The summed E-state index contributed by atoms with van der Waals surface area (Å²) in [6.07, 6.45) is 5.89. The molecule has 0 N–H and O–H groups in total. The first-order chi connectivity index (χ1) is 9.55. The molecule has 1 aliphatic rings. The van der Waals surface area contributed by atoms with E-state index in [0.717, 1.165) is 31.6 Å². The van der Waals surface area contributed by atoms with Gasteiger partial charge in [0.15, 0.2) is 0 Å². The number of esters is 2. The summed E-state index contributed by atoms with van der Waals surface area (Å²) in [4.78, 5) is 23.7. The minimum atomic E-state index is -0.246. The topological polar surface area (TPSA) is 52.6 Å². The quantitative estimate of drug-likeness (QED) is 0.672. The SMILES string of the molecule is CCOC(=O)CC1(CC(=O)OCC)CCC(CC)CC1. The molecule has 1 aliphatic carbocycles. The van der Waals surface area contributed by atoms with Crippen molar-refractivity contribution in [2.24, 2.45) is 11.3 Å². The highest BCUT2D eigenvalue weighted by Crippen LogP contribution is 2.45. The van der Waals surface area contributed by atoms with Crippen LogP contribution >= 0.6 is 0 Å². The van der Waals surface area contributed by atoms with Crippen LogP contribution in [0.15, 0.2) is 0 Å². The highest BCUT2D eigenvalue weighted by atomic mass is 16.5. The van der Waals surface area contributed by atoms with E-state index in [1.54, 1.807) is 0 Å². The van der Waals surface area contributed by atoms with Gasteiger partial charge in [-0.2, -0.15) is 0 Å². The fourth-order valence-corrected chi connectivity index (χ4v) is 3.15. The molecular weight excluding hydrogens is 256 g/mol. The minimum absolute atomic E-state index is 0.188. The molecule has 0 aromatic heterocycles. The fourth-order valence-electron chi connectivity index (χ4n) is 3.15. The van der Waals surface area contributed by atoms with Crippen molar-refractivity contribution in [1.29, 1.82) is 0 Å². The number of hydrogen-bond donors (Lipinski definition) is 0. The van der Waals surface area contributed by atoms with E-state index in [-0.39, 0.29) is 17.4 Å². The van der Waals surface area contributed by atoms with Crippen molar-refractivity contribution in [3.05, 3.63) is 0 Å². The number of carbonyl (C=O) groups excluding carboxylic acids is 2. The fraction of sp³-hybridized carbons (Fsp3) is 0.875. The largest absolute Gasteiger partial charge is 0.466 e. The van der Waals surface area contributed by atoms with E-state index in [4.69, 9.17) is 9.47 Å². The Morgan fingerprint density at radius 3 is 1.75 bits per heavy atom. The Morgan fingerprint density at radius 2 is 1.40 bits per heavy atom. The summed E-state index contributed by atoms with van der Waals surface area (Å²) in [5, 5.41) is 0. The van der Waals surface area contributed by atoms with Gasteiger partial charge in [-0.15, -0.1) is 0 Å². The van der Waals surface area contributed by atoms with Crippen molar-refractivity contribution >= 4 is 11.9 Å². The third kappa shape index (κ3) is 5.14. The van der Waals surface area contributed by atoms with Gasteiger partial charge in [0.25, 0.3) is 0 Å². The van der Waals surface area contributed by atoms with E-state index in [9.17, 15) is 9.59 Å². The van der Waals surface area contributed by atoms with Gasteiger partial charge in [0.05, 0.1) is 26.1 Å². The summed E-state index contributed by atoms with van der Waals surface area (Å²) in [7, 11) is 0. The van der Waals surface area contributed by atoms with E-state index >= 15 is 0 Å². The third-order valence-corrected chi connectivity index (χ3v) is 4.39. The van der Waals surface area contributed by atoms with Crippen LogP contribution < -0.4 is 0 Å². The third-order valence-electron chi connectivity index (χ3n) is 4.39. The predicted octanol–water partition coefficient (Wildman–Crippen LogP) is 3.48. The van der Waals surface area contributed by atoms with Crippen LogP contribution in [0.2, 0.25) is 0 Å². The molecule has 0 aromatic rings. The molecule has 0 radical (unpaired) electrons. The zero-order valence-electron chi connectivity index (χ0n) is 13.1. The van der Waals surface area contributed by atoms with E-state index < -0.39 is 0 Å². The van der Waals surface area contributed by atoms with Gasteiger partial charge in [-0.25, -0.2) is 0 Å².